The number of amides is 2. The van der Waals surface area contributed by atoms with Gasteiger partial charge in [0.15, 0.2) is 11.6 Å². The monoisotopic (exact) mass is 564 g/mol. The number of nitrogens with zero attached hydrogens (tertiary/aromatic N) is 4. The third kappa shape index (κ3) is 6.23. The van der Waals surface area contributed by atoms with Gasteiger partial charge >= 0.3 is 12.4 Å². The van der Waals surface area contributed by atoms with E-state index >= 15 is 0 Å². The lowest BCUT2D eigenvalue weighted by Crippen LogP contribution is -2.61. The molecule has 2 aliphatic heterocycles. The second-order valence-electron chi connectivity index (χ2n) is 8.90. The minimum absolute atomic E-state index is 0.0505. The van der Waals surface area contributed by atoms with Gasteiger partial charge in [-0.15, -0.1) is 0 Å². The van der Waals surface area contributed by atoms with E-state index in [1.165, 1.54) is 16.7 Å². The second-order valence-corrected chi connectivity index (χ2v) is 8.90. The number of alkyl halides is 6. The number of carbonyl (C=O) groups excluding carboxylic acids is 2. The van der Waals surface area contributed by atoms with Crippen LogP contribution in [0, 0.1) is 0 Å². The van der Waals surface area contributed by atoms with Crippen molar-refractivity contribution in [3.05, 3.63) is 39.9 Å². The van der Waals surface area contributed by atoms with Crippen LogP contribution in [-0.4, -0.2) is 76.9 Å². The Bertz CT molecular complexity index is 1300. The van der Waals surface area contributed by atoms with Gasteiger partial charge in [0.2, 0.25) is 11.8 Å². The highest BCUT2D eigenvalue weighted by atomic mass is 19.4. The molecule has 2 aliphatic rings. The number of hydrogen-bond donors (Lipinski definition) is 2. The molecule has 0 unspecified atom stereocenters. The molecule has 0 aliphatic carbocycles. The van der Waals surface area contributed by atoms with E-state index < -0.39 is 58.6 Å². The highest BCUT2D eigenvalue weighted by molar-refractivity contribution is 5.99. The molecule has 212 valence electrons. The van der Waals surface area contributed by atoms with E-state index in [4.69, 9.17) is 9.47 Å². The Labute approximate surface area is 216 Å². The van der Waals surface area contributed by atoms with Gasteiger partial charge in [-0.1, -0.05) is 0 Å². The smallest absolute Gasteiger partial charge is 0.423 e. The Morgan fingerprint density at radius 3 is 2.67 bits per heavy atom. The fourth-order valence-electron chi connectivity index (χ4n) is 4.19. The molecule has 0 radical (unpaired) electrons. The summed E-state index contributed by atoms with van der Waals surface area (Å²) in [6.45, 7) is 0.884. The van der Waals surface area contributed by atoms with E-state index in [1.807, 2.05) is 0 Å². The average molecular weight is 564 g/mol. The lowest BCUT2D eigenvalue weighted by atomic mass is 10.1. The van der Waals surface area contributed by atoms with Gasteiger partial charge in [-0.25, -0.2) is 10.1 Å². The van der Waals surface area contributed by atoms with Crippen LogP contribution in [0.2, 0.25) is 0 Å². The first-order valence-corrected chi connectivity index (χ1v) is 11.5. The number of carbonyl (C=O) groups is 2. The van der Waals surface area contributed by atoms with Crippen LogP contribution in [0.1, 0.15) is 24.5 Å². The molecule has 39 heavy (non-hydrogen) atoms. The fourth-order valence-corrected chi connectivity index (χ4v) is 4.19. The molecule has 2 amide bonds. The Kier molecular flexibility index (Phi) is 7.72. The number of ether oxygens (including phenoxy) is 2. The first-order chi connectivity index (χ1) is 18.3. The Hall–Kier alpha value is -3.89. The number of halogens is 6. The molecular formula is C22H22F6N6O5. The van der Waals surface area contributed by atoms with Gasteiger partial charge in [0.1, 0.15) is 18.7 Å². The van der Waals surface area contributed by atoms with Crippen molar-refractivity contribution in [2.45, 2.75) is 37.8 Å². The zero-order valence-electron chi connectivity index (χ0n) is 20.2. The summed E-state index contributed by atoms with van der Waals surface area (Å²) in [5.74, 6) is -1.20. The highest BCUT2D eigenvalue weighted by Gasteiger charge is 2.42. The molecule has 1 fully saturated rings. The summed E-state index contributed by atoms with van der Waals surface area (Å²) in [4.78, 5) is 43.2. The first-order valence-electron chi connectivity index (χ1n) is 11.5. The Morgan fingerprint density at radius 2 is 1.97 bits per heavy atom. The molecule has 2 aromatic heterocycles. The molecule has 0 aromatic carbocycles. The molecule has 2 aromatic rings. The summed E-state index contributed by atoms with van der Waals surface area (Å²) in [5, 5.41) is 7.61. The van der Waals surface area contributed by atoms with E-state index in [-0.39, 0.29) is 50.9 Å². The summed E-state index contributed by atoms with van der Waals surface area (Å²) in [6, 6.07) is -0.561. The second kappa shape index (κ2) is 10.7. The van der Waals surface area contributed by atoms with Crippen molar-refractivity contribution in [1.29, 1.82) is 0 Å². The SMILES string of the molecule is C[C@@H](COCCC(=O)N1CC(=O)N2c3ncc(C(F)(F)F)cc3OC[C@H]2C1)Nc1cn[nH]c(=O)c1C(F)(F)F. The van der Waals surface area contributed by atoms with E-state index in [1.54, 1.807) is 5.10 Å². The minimum atomic E-state index is -4.90. The van der Waals surface area contributed by atoms with E-state index in [9.17, 15) is 40.7 Å². The predicted molar refractivity (Wildman–Crippen MR) is 121 cm³/mol. The third-order valence-corrected chi connectivity index (χ3v) is 5.93. The number of fused-ring (bicyclic) bond motifs is 3. The van der Waals surface area contributed by atoms with Crippen molar-refractivity contribution in [2.75, 3.05) is 43.1 Å². The summed E-state index contributed by atoms with van der Waals surface area (Å²) in [5.41, 5.74) is -4.35. The van der Waals surface area contributed by atoms with Gasteiger partial charge in [-0.05, 0) is 13.0 Å². The van der Waals surface area contributed by atoms with Gasteiger partial charge in [0.25, 0.3) is 5.56 Å². The molecule has 4 heterocycles. The molecule has 0 saturated carbocycles. The van der Waals surface area contributed by atoms with Gasteiger partial charge in [0, 0.05) is 18.8 Å². The fraction of sp³-hybridized carbons (Fsp3) is 0.500. The van der Waals surface area contributed by atoms with Crippen LogP contribution < -0.4 is 20.5 Å². The van der Waals surface area contributed by atoms with Crippen LogP contribution in [0.3, 0.4) is 0 Å². The topological polar surface area (TPSA) is 130 Å². The van der Waals surface area contributed by atoms with Crippen molar-refractivity contribution in [3.63, 3.8) is 0 Å². The average Bonchev–Trinajstić information content (AvgIpc) is 2.84. The maximum atomic E-state index is 13.2. The Morgan fingerprint density at radius 1 is 1.23 bits per heavy atom. The number of nitrogens with one attached hydrogen (secondary N) is 2. The minimum Gasteiger partial charge on any atom is -0.487 e. The first kappa shape index (κ1) is 28.1. The predicted octanol–water partition coefficient (Wildman–Crippen LogP) is 2.05. The maximum Gasteiger partial charge on any atom is 0.423 e. The molecule has 0 spiro atoms. The van der Waals surface area contributed by atoms with Crippen molar-refractivity contribution in [1.82, 2.24) is 20.1 Å². The van der Waals surface area contributed by atoms with Crippen molar-refractivity contribution < 1.29 is 45.4 Å². The van der Waals surface area contributed by atoms with Gasteiger partial charge in [-0.3, -0.25) is 19.3 Å². The molecule has 2 atom stereocenters. The molecule has 0 bridgehead atoms. The third-order valence-electron chi connectivity index (χ3n) is 5.93. The quantitative estimate of drug-likeness (QED) is 0.386. The molecule has 17 heteroatoms. The van der Waals surface area contributed by atoms with Gasteiger partial charge < -0.3 is 19.7 Å². The van der Waals surface area contributed by atoms with Crippen LogP contribution in [0.15, 0.2) is 23.3 Å². The molecular weight excluding hydrogens is 542 g/mol. The number of pyridine rings is 1. The summed E-state index contributed by atoms with van der Waals surface area (Å²) < 4.78 is 89.1. The van der Waals surface area contributed by atoms with Gasteiger partial charge in [-0.2, -0.15) is 31.4 Å². The number of hydrogen-bond acceptors (Lipinski definition) is 8. The number of anilines is 2. The number of piperazine rings is 1. The summed E-state index contributed by atoms with van der Waals surface area (Å²) >= 11 is 0. The molecule has 11 nitrogen and oxygen atoms in total. The van der Waals surface area contributed by atoms with E-state index in [2.05, 4.69) is 15.4 Å². The Balaban J connectivity index is 1.28. The molecule has 2 N–H and O–H groups in total. The van der Waals surface area contributed by atoms with Crippen LogP contribution in [0.25, 0.3) is 0 Å². The van der Waals surface area contributed by atoms with Crippen molar-refractivity contribution >= 4 is 23.3 Å². The lowest BCUT2D eigenvalue weighted by Gasteiger charge is -2.43. The number of aromatic nitrogens is 3. The standard InChI is InChI=1S/C22H22F6N6O5/c1-11(31-14-6-30-32-20(37)18(14)22(26,27)28)9-38-3-2-16(35)33-7-13-10-39-15-4-12(21(23,24)25)5-29-19(15)34(13)17(36)8-33/h4-6,11,13H,2-3,7-10H2,1H3,(H2,31,32,37)/t11-,13+/m0/s1. The highest BCUT2D eigenvalue weighted by Crippen LogP contribution is 2.38. The van der Waals surface area contributed by atoms with E-state index in [0.717, 1.165) is 12.3 Å². The molecule has 4 rings (SSSR count). The maximum absolute atomic E-state index is 13.2. The van der Waals surface area contributed by atoms with Crippen molar-refractivity contribution in [3.8, 4) is 5.75 Å². The largest absolute Gasteiger partial charge is 0.487 e. The summed E-state index contributed by atoms with van der Waals surface area (Å²) in [6.07, 6.45) is -8.23. The zero-order valence-corrected chi connectivity index (χ0v) is 20.2. The van der Waals surface area contributed by atoms with Crippen LogP contribution in [-0.2, 0) is 26.7 Å². The summed E-state index contributed by atoms with van der Waals surface area (Å²) in [7, 11) is 0. The number of H-pyrrole nitrogens is 1. The number of rotatable bonds is 7. The zero-order chi connectivity index (χ0) is 28.5. The van der Waals surface area contributed by atoms with Crippen molar-refractivity contribution in [2.24, 2.45) is 0 Å². The normalized spacial score (nSPS) is 18.2. The lowest BCUT2D eigenvalue weighted by molar-refractivity contribution is -0.139. The molecule has 1 saturated heterocycles. The van der Waals surface area contributed by atoms with Gasteiger partial charge in [0.05, 0.1) is 43.1 Å². The van der Waals surface area contributed by atoms with Crippen LogP contribution >= 0.6 is 0 Å². The van der Waals surface area contributed by atoms with E-state index in [0.29, 0.717) is 6.20 Å². The van der Waals surface area contributed by atoms with Crippen LogP contribution in [0.4, 0.5) is 37.8 Å². The van der Waals surface area contributed by atoms with Crippen LogP contribution in [0.5, 0.6) is 5.75 Å². The number of aromatic amines is 1.